The fraction of sp³-hybridized carbons (Fsp3) is 0.250. The second kappa shape index (κ2) is 9.76. The van der Waals surface area contributed by atoms with Gasteiger partial charge >= 0.3 is 0 Å². The number of nitrogens with zero attached hydrogens (tertiary/aromatic N) is 3. The predicted octanol–water partition coefficient (Wildman–Crippen LogP) is 5.77. The molecule has 1 unspecified atom stereocenters. The highest BCUT2D eigenvalue weighted by molar-refractivity contribution is 9.10. The van der Waals surface area contributed by atoms with Crippen LogP contribution in [0.2, 0.25) is 0 Å². The van der Waals surface area contributed by atoms with E-state index in [-0.39, 0.29) is 11.3 Å². The van der Waals surface area contributed by atoms with Crippen molar-refractivity contribution in [1.82, 2.24) is 9.29 Å². The molecule has 0 bridgehead atoms. The summed E-state index contributed by atoms with van der Waals surface area (Å²) in [7, 11) is -4.10. The van der Waals surface area contributed by atoms with Crippen molar-refractivity contribution in [2.24, 2.45) is 0 Å². The van der Waals surface area contributed by atoms with E-state index in [2.05, 4.69) is 20.9 Å². The minimum absolute atomic E-state index is 0.0589. The lowest BCUT2D eigenvalue weighted by atomic mass is 10.00. The Bertz CT molecular complexity index is 1600. The SMILES string of the molecule is CCC(C)(C)N(C1CC(=O)N(c2ccc(-c3nc4ccccc4o3)cc2)C1=O)S(=O)(=O)c1ccc(Br)cc1. The third-order valence-corrected chi connectivity index (χ3v) is 9.57. The third kappa shape index (κ3) is 4.57. The molecule has 0 N–H and O–H groups in total. The van der Waals surface area contributed by atoms with Gasteiger partial charge in [0, 0.05) is 15.6 Å². The Morgan fingerprint density at radius 1 is 1.03 bits per heavy atom. The molecule has 0 aliphatic carbocycles. The number of hydrogen-bond donors (Lipinski definition) is 0. The number of rotatable bonds is 7. The molecule has 5 rings (SSSR count). The maximum absolute atomic E-state index is 13.8. The van der Waals surface area contributed by atoms with Gasteiger partial charge in [-0.3, -0.25) is 9.59 Å². The molecule has 0 radical (unpaired) electrons. The van der Waals surface area contributed by atoms with Crippen LogP contribution in [0.25, 0.3) is 22.6 Å². The summed E-state index contributed by atoms with van der Waals surface area (Å²) in [5, 5.41) is 0. The fourth-order valence-corrected chi connectivity index (χ4v) is 6.86. The molecular formula is C28H26BrN3O5S. The Kier molecular flexibility index (Phi) is 6.75. The standard InChI is InChI=1S/C28H26BrN3O5S/c1-4-28(2,3)32(38(35,36)21-15-11-19(29)12-16-21)23-17-25(33)31(27(23)34)20-13-9-18(10-14-20)26-30-22-7-5-6-8-24(22)37-26/h5-16,23H,4,17H2,1-3H3. The fourth-order valence-electron chi connectivity index (χ4n) is 4.61. The highest BCUT2D eigenvalue weighted by Gasteiger charge is 2.51. The molecule has 1 aliphatic heterocycles. The summed E-state index contributed by atoms with van der Waals surface area (Å²) in [5.41, 5.74) is 1.51. The number of oxazole rings is 1. The lowest BCUT2D eigenvalue weighted by molar-refractivity contribution is -0.122. The van der Waals surface area contributed by atoms with Crippen LogP contribution in [0.4, 0.5) is 5.69 Å². The van der Waals surface area contributed by atoms with E-state index in [0.29, 0.717) is 29.1 Å². The number of anilines is 1. The molecule has 1 aromatic heterocycles. The van der Waals surface area contributed by atoms with E-state index < -0.39 is 33.4 Å². The van der Waals surface area contributed by atoms with Crippen molar-refractivity contribution in [2.45, 2.75) is 50.1 Å². The molecule has 196 valence electrons. The average molecular weight is 597 g/mol. The van der Waals surface area contributed by atoms with Gasteiger partial charge in [0.1, 0.15) is 11.6 Å². The second-order valence-electron chi connectivity index (χ2n) is 9.74. The van der Waals surface area contributed by atoms with Gasteiger partial charge in [0.15, 0.2) is 5.58 Å². The molecule has 4 aromatic rings. The highest BCUT2D eigenvalue weighted by Crippen LogP contribution is 2.36. The summed E-state index contributed by atoms with van der Waals surface area (Å²) in [6.07, 6.45) is 0.199. The number of imide groups is 1. The van der Waals surface area contributed by atoms with Gasteiger partial charge < -0.3 is 4.42 Å². The quantitative estimate of drug-likeness (QED) is 0.251. The molecule has 1 aliphatic rings. The molecule has 0 saturated carbocycles. The van der Waals surface area contributed by atoms with Crippen LogP contribution < -0.4 is 4.90 Å². The van der Waals surface area contributed by atoms with E-state index in [1.54, 1.807) is 50.2 Å². The van der Waals surface area contributed by atoms with Crippen LogP contribution in [0.3, 0.4) is 0 Å². The monoisotopic (exact) mass is 595 g/mol. The van der Waals surface area contributed by atoms with Crippen molar-refractivity contribution in [3.8, 4) is 11.5 Å². The van der Waals surface area contributed by atoms with Crippen molar-refractivity contribution in [2.75, 3.05) is 4.90 Å². The van der Waals surface area contributed by atoms with E-state index in [9.17, 15) is 18.0 Å². The van der Waals surface area contributed by atoms with Gasteiger partial charge in [0.2, 0.25) is 21.8 Å². The molecule has 10 heteroatoms. The summed E-state index contributed by atoms with van der Waals surface area (Å²) < 4.78 is 35.4. The second-order valence-corrected chi connectivity index (χ2v) is 12.5. The van der Waals surface area contributed by atoms with E-state index in [1.165, 1.54) is 16.4 Å². The molecule has 0 spiro atoms. The Balaban J connectivity index is 1.47. The van der Waals surface area contributed by atoms with Gasteiger partial charge in [-0.25, -0.2) is 18.3 Å². The van der Waals surface area contributed by atoms with Crippen LogP contribution in [0, 0.1) is 0 Å². The number of halogens is 1. The minimum Gasteiger partial charge on any atom is -0.436 e. The summed E-state index contributed by atoms with van der Waals surface area (Å²) >= 11 is 3.32. The maximum atomic E-state index is 13.8. The van der Waals surface area contributed by atoms with Gasteiger partial charge in [0.25, 0.3) is 5.91 Å². The number of carbonyl (C=O) groups excluding carboxylic acids is 2. The van der Waals surface area contributed by atoms with Gasteiger partial charge in [0.05, 0.1) is 17.0 Å². The topological polar surface area (TPSA) is 101 Å². The summed E-state index contributed by atoms with van der Waals surface area (Å²) in [4.78, 5) is 32.4. The number of sulfonamides is 1. The van der Waals surface area contributed by atoms with Gasteiger partial charge in [-0.1, -0.05) is 35.0 Å². The van der Waals surface area contributed by atoms with Crippen LogP contribution in [0.1, 0.15) is 33.6 Å². The summed E-state index contributed by atoms with van der Waals surface area (Å²) in [6.45, 7) is 5.38. The first kappa shape index (κ1) is 26.3. The van der Waals surface area contributed by atoms with Crippen molar-refractivity contribution < 1.29 is 22.4 Å². The van der Waals surface area contributed by atoms with Gasteiger partial charge in [-0.15, -0.1) is 0 Å². The average Bonchev–Trinajstić information content (AvgIpc) is 3.44. The molecule has 1 fully saturated rings. The van der Waals surface area contributed by atoms with Gasteiger partial charge in [-0.2, -0.15) is 4.31 Å². The zero-order chi connectivity index (χ0) is 27.2. The van der Waals surface area contributed by atoms with E-state index >= 15 is 0 Å². The molecule has 2 heterocycles. The first-order chi connectivity index (χ1) is 18.0. The van der Waals surface area contributed by atoms with Crippen LogP contribution >= 0.6 is 15.9 Å². The van der Waals surface area contributed by atoms with Crippen molar-refractivity contribution in [3.63, 3.8) is 0 Å². The molecule has 3 aromatic carbocycles. The molecule has 38 heavy (non-hydrogen) atoms. The Hall–Kier alpha value is -3.34. The molecule has 1 atom stereocenters. The Morgan fingerprint density at radius 3 is 2.32 bits per heavy atom. The third-order valence-electron chi connectivity index (χ3n) is 6.90. The molecule has 2 amide bonds. The zero-order valence-corrected chi connectivity index (χ0v) is 23.5. The van der Waals surface area contributed by atoms with Crippen LogP contribution in [0.5, 0.6) is 0 Å². The molecular weight excluding hydrogens is 570 g/mol. The molecule has 1 saturated heterocycles. The van der Waals surface area contributed by atoms with Crippen molar-refractivity contribution in [3.05, 3.63) is 77.3 Å². The van der Waals surface area contributed by atoms with E-state index in [1.807, 2.05) is 31.2 Å². The lowest BCUT2D eigenvalue weighted by Gasteiger charge is -2.39. The first-order valence-corrected chi connectivity index (χ1v) is 14.4. The largest absolute Gasteiger partial charge is 0.436 e. The van der Waals surface area contributed by atoms with Crippen LogP contribution in [-0.4, -0.2) is 41.1 Å². The number of fused-ring (bicyclic) bond motifs is 1. The Labute approximate surface area is 229 Å². The zero-order valence-electron chi connectivity index (χ0n) is 21.1. The number of hydrogen-bond acceptors (Lipinski definition) is 6. The van der Waals surface area contributed by atoms with Crippen LogP contribution in [-0.2, 0) is 19.6 Å². The summed E-state index contributed by atoms with van der Waals surface area (Å²) in [5.74, 6) is -0.615. The van der Waals surface area contributed by atoms with Gasteiger partial charge in [-0.05, 0) is 80.9 Å². The van der Waals surface area contributed by atoms with Crippen molar-refractivity contribution in [1.29, 1.82) is 0 Å². The molecule has 8 nitrogen and oxygen atoms in total. The smallest absolute Gasteiger partial charge is 0.252 e. The first-order valence-electron chi connectivity index (χ1n) is 12.2. The van der Waals surface area contributed by atoms with E-state index in [0.717, 1.165) is 14.9 Å². The predicted molar refractivity (Wildman–Crippen MR) is 148 cm³/mol. The number of aromatic nitrogens is 1. The van der Waals surface area contributed by atoms with Crippen molar-refractivity contribution >= 4 is 54.6 Å². The minimum atomic E-state index is -4.10. The number of carbonyl (C=O) groups is 2. The number of benzene rings is 3. The maximum Gasteiger partial charge on any atom is 0.252 e. The normalized spacial score (nSPS) is 16.7. The van der Waals surface area contributed by atoms with E-state index in [4.69, 9.17) is 4.42 Å². The summed E-state index contributed by atoms with van der Waals surface area (Å²) in [6, 6.07) is 19.2. The Morgan fingerprint density at radius 2 is 1.68 bits per heavy atom. The lowest BCUT2D eigenvalue weighted by Crippen LogP contribution is -2.55. The van der Waals surface area contributed by atoms with Crippen LogP contribution in [0.15, 0.2) is 86.6 Å². The number of para-hydroxylation sites is 2. The number of amides is 2. The highest BCUT2D eigenvalue weighted by atomic mass is 79.9.